The highest BCUT2D eigenvalue weighted by atomic mass is 16.5. The van der Waals surface area contributed by atoms with Crippen LogP contribution in [-0.4, -0.2) is 12.7 Å². The van der Waals surface area contributed by atoms with Gasteiger partial charge in [-0.2, -0.15) is 0 Å². The molecule has 1 fully saturated rings. The number of benzene rings is 2. The summed E-state index contributed by atoms with van der Waals surface area (Å²) in [6.45, 7) is 5.34. The first-order valence-electron chi connectivity index (χ1n) is 7.99. The maximum Gasteiger partial charge on any atom is 0.0613 e. The van der Waals surface area contributed by atoms with E-state index < -0.39 is 0 Å². The Hall–Kier alpha value is -1.60. The Bertz CT molecular complexity index is 521. The zero-order valence-electron chi connectivity index (χ0n) is 13.0. The molecule has 21 heavy (non-hydrogen) atoms. The van der Waals surface area contributed by atoms with Gasteiger partial charge in [0, 0.05) is 5.41 Å². The van der Waals surface area contributed by atoms with Crippen LogP contribution in [0.4, 0.5) is 0 Å². The minimum atomic E-state index is 0.0105. The summed E-state index contributed by atoms with van der Waals surface area (Å²) in [5.74, 6) is 0.610. The van der Waals surface area contributed by atoms with Gasteiger partial charge in [-0.15, -0.1) is 0 Å². The molecular weight excluding hydrogens is 256 g/mol. The van der Waals surface area contributed by atoms with E-state index >= 15 is 0 Å². The quantitative estimate of drug-likeness (QED) is 0.781. The molecule has 0 aliphatic carbocycles. The average Bonchev–Trinajstić information content (AvgIpc) is 3.02. The lowest BCUT2D eigenvalue weighted by Gasteiger charge is -2.29. The van der Waals surface area contributed by atoms with E-state index in [1.165, 1.54) is 17.5 Å². The second-order valence-electron chi connectivity index (χ2n) is 6.25. The molecule has 1 aliphatic rings. The molecule has 0 spiro atoms. The van der Waals surface area contributed by atoms with Crippen molar-refractivity contribution in [2.75, 3.05) is 6.61 Å². The van der Waals surface area contributed by atoms with Crippen LogP contribution in [-0.2, 0) is 10.2 Å². The van der Waals surface area contributed by atoms with Crippen molar-refractivity contribution in [3.63, 3.8) is 0 Å². The van der Waals surface area contributed by atoms with E-state index in [1.807, 2.05) is 0 Å². The van der Waals surface area contributed by atoms with Gasteiger partial charge in [-0.25, -0.2) is 0 Å². The minimum Gasteiger partial charge on any atom is -0.377 e. The summed E-state index contributed by atoms with van der Waals surface area (Å²) in [5.41, 5.74) is 2.76. The van der Waals surface area contributed by atoms with Crippen molar-refractivity contribution in [3.05, 3.63) is 71.8 Å². The summed E-state index contributed by atoms with van der Waals surface area (Å²) in [7, 11) is 0. The molecular formula is C20H24O. The fourth-order valence-electron chi connectivity index (χ4n) is 3.42. The standard InChI is InChI=1S/C20H24O/c1-3-16(2)19-14-20(15-21-19,17-10-6-4-7-11-17)18-12-8-5-9-13-18/h4-13,16,19H,3,14-15H2,1-2H3. The summed E-state index contributed by atoms with van der Waals surface area (Å²) in [4.78, 5) is 0. The summed E-state index contributed by atoms with van der Waals surface area (Å²) in [6.07, 6.45) is 2.61. The molecule has 1 heterocycles. The smallest absolute Gasteiger partial charge is 0.0613 e. The van der Waals surface area contributed by atoms with E-state index in [-0.39, 0.29) is 5.41 Å². The van der Waals surface area contributed by atoms with Gasteiger partial charge in [0.15, 0.2) is 0 Å². The summed E-state index contributed by atoms with van der Waals surface area (Å²) < 4.78 is 6.23. The maximum absolute atomic E-state index is 6.23. The molecule has 2 aromatic carbocycles. The number of hydrogen-bond donors (Lipinski definition) is 0. The first kappa shape index (κ1) is 14.3. The van der Waals surface area contributed by atoms with Crippen molar-refractivity contribution in [2.45, 2.75) is 38.2 Å². The lowest BCUT2D eigenvalue weighted by atomic mass is 9.72. The highest BCUT2D eigenvalue weighted by molar-refractivity contribution is 5.40. The van der Waals surface area contributed by atoms with Gasteiger partial charge >= 0.3 is 0 Å². The summed E-state index contributed by atoms with van der Waals surface area (Å²) in [5, 5.41) is 0. The van der Waals surface area contributed by atoms with Crippen molar-refractivity contribution < 1.29 is 4.74 Å². The zero-order chi connectivity index (χ0) is 14.7. The molecule has 110 valence electrons. The Morgan fingerprint density at radius 3 is 2.00 bits per heavy atom. The largest absolute Gasteiger partial charge is 0.377 e. The van der Waals surface area contributed by atoms with Crippen molar-refractivity contribution in [1.29, 1.82) is 0 Å². The minimum absolute atomic E-state index is 0.0105. The Kier molecular flexibility index (Phi) is 4.12. The average molecular weight is 280 g/mol. The second-order valence-corrected chi connectivity index (χ2v) is 6.25. The number of hydrogen-bond acceptors (Lipinski definition) is 1. The molecule has 1 nitrogen and oxygen atoms in total. The van der Waals surface area contributed by atoms with Crippen molar-refractivity contribution in [1.82, 2.24) is 0 Å². The van der Waals surface area contributed by atoms with E-state index in [2.05, 4.69) is 74.5 Å². The van der Waals surface area contributed by atoms with Crippen LogP contribution >= 0.6 is 0 Å². The zero-order valence-corrected chi connectivity index (χ0v) is 13.0. The van der Waals surface area contributed by atoms with Gasteiger partial charge < -0.3 is 4.74 Å². The third-order valence-corrected chi connectivity index (χ3v) is 5.02. The maximum atomic E-state index is 6.23. The molecule has 2 atom stereocenters. The van der Waals surface area contributed by atoms with Crippen LogP contribution in [0.2, 0.25) is 0 Å². The molecule has 1 saturated heterocycles. The Balaban J connectivity index is 2.02. The number of rotatable bonds is 4. The predicted octanol–water partition coefficient (Wildman–Crippen LogP) is 4.81. The normalized spacial score (nSPS) is 22.1. The van der Waals surface area contributed by atoms with E-state index in [9.17, 15) is 0 Å². The van der Waals surface area contributed by atoms with Crippen LogP contribution in [0.15, 0.2) is 60.7 Å². The van der Waals surface area contributed by atoms with Gasteiger partial charge in [-0.05, 0) is 23.5 Å². The fourth-order valence-corrected chi connectivity index (χ4v) is 3.42. The van der Waals surface area contributed by atoms with Crippen LogP contribution in [0, 0.1) is 5.92 Å². The Morgan fingerprint density at radius 1 is 1.00 bits per heavy atom. The Morgan fingerprint density at radius 2 is 1.52 bits per heavy atom. The third kappa shape index (κ3) is 2.63. The number of ether oxygens (including phenoxy) is 1. The van der Waals surface area contributed by atoms with Crippen LogP contribution in [0.5, 0.6) is 0 Å². The van der Waals surface area contributed by atoms with Crippen LogP contribution in [0.3, 0.4) is 0 Å². The fraction of sp³-hybridized carbons (Fsp3) is 0.400. The molecule has 1 aliphatic heterocycles. The second kappa shape index (κ2) is 6.03. The molecule has 2 aromatic rings. The van der Waals surface area contributed by atoms with Gasteiger partial charge in [0.1, 0.15) is 0 Å². The molecule has 2 unspecified atom stereocenters. The summed E-state index contributed by atoms with van der Waals surface area (Å²) >= 11 is 0. The molecule has 0 amide bonds. The molecule has 0 saturated carbocycles. The topological polar surface area (TPSA) is 9.23 Å². The van der Waals surface area contributed by atoms with Crippen molar-refractivity contribution in [3.8, 4) is 0 Å². The lowest BCUT2D eigenvalue weighted by Crippen LogP contribution is -2.29. The van der Waals surface area contributed by atoms with Crippen molar-refractivity contribution in [2.24, 2.45) is 5.92 Å². The van der Waals surface area contributed by atoms with E-state index in [0.29, 0.717) is 12.0 Å². The van der Waals surface area contributed by atoms with Gasteiger partial charge in [0.2, 0.25) is 0 Å². The molecule has 0 N–H and O–H groups in total. The first-order chi connectivity index (χ1) is 10.3. The highest BCUT2D eigenvalue weighted by Gasteiger charge is 2.44. The SMILES string of the molecule is CCC(C)C1CC(c2ccccc2)(c2ccccc2)CO1. The lowest BCUT2D eigenvalue weighted by molar-refractivity contribution is 0.0655. The van der Waals surface area contributed by atoms with E-state index in [1.54, 1.807) is 0 Å². The Labute approximate surface area is 128 Å². The van der Waals surface area contributed by atoms with E-state index in [4.69, 9.17) is 4.74 Å². The third-order valence-electron chi connectivity index (χ3n) is 5.02. The molecule has 0 radical (unpaired) electrons. The van der Waals surface area contributed by atoms with Crippen LogP contribution in [0.1, 0.15) is 37.8 Å². The van der Waals surface area contributed by atoms with E-state index in [0.717, 1.165) is 13.0 Å². The first-order valence-corrected chi connectivity index (χ1v) is 7.99. The van der Waals surface area contributed by atoms with Crippen LogP contribution in [0.25, 0.3) is 0 Å². The molecule has 1 heteroatoms. The molecule has 0 bridgehead atoms. The van der Waals surface area contributed by atoms with Gasteiger partial charge in [0.25, 0.3) is 0 Å². The summed E-state index contributed by atoms with van der Waals surface area (Å²) in [6, 6.07) is 21.7. The van der Waals surface area contributed by atoms with Crippen LogP contribution < -0.4 is 0 Å². The van der Waals surface area contributed by atoms with Gasteiger partial charge in [-0.3, -0.25) is 0 Å². The van der Waals surface area contributed by atoms with Gasteiger partial charge in [0.05, 0.1) is 12.7 Å². The van der Waals surface area contributed by atoms with Crippen molar-refractivity contribution >= 4 is 0 Å². The molecule has 3 rings (SSSR count). The monoisotopic (exact) mass is 280 g/mol. The predicted molar refractivity (Wildman–Crippen MR) is 87.5 cm³/mol. The van der Waals surface area contributed by atoms with Gasteiger partial charge in [-0.1, -0.05) is 80.9 Å². The molecule has 0 aromatic heterocycles. The highest BCUT2D eigenvalue weighted by Crippen LogP contribution is 2.44.